The van der Waals surface area contributed by atoms with Gasteiger partial charge in [-0.3, -0.25) is 0 Å². The van der Waals surface area contributed by atoms with Crippen LogP contribution in [0.2, 0.25) is 5.02 Å². The van der Waals surface area contributed by atoms with E-state index in [-0.39, 0.29) is 5.82 Å². The van der Waals surface area contributed by atoms with Crippen molar-refractivity contribution < 1.29 is 13.9 Å². The Morgan fingerprint density at radius 2 is 1.56 bits per heavy atom. The summed E-state index contributed by atoms with van der Waals surface area (Å²) in [6, 6.07) is 9.54. The molecule has 2 aromatic carbocycles. The molecule has 0 saturated carbocycles. The molecule has 0 atom stereocenters. The van der Waals surface area contributed by atoms with Crippen molar-refractivity contribution in [2.45, 2.75) is 0 Å². The first-order valence-corrected chi connectivity index (χ1v) is 5.70. The van der Waals surface area contributed by atoms with Gasteiger partial charge in [-0.2, -0.15) is 0 Å². The summed E-state index contributed by atoms with van der Waals surface area (Å²) >= 11 is 6.07. The Labute approximate surface area is 110 Å². The number of rotatable bonds is 3. The van der Waals surface area contributed by atoms with Gasteiger partial charge in [0.2, 0.25) is 0 Å². The topological polar surface area (TPSA) is 18.5 Å². The highest BCUT2D eigenvalue weighted by Crippen LogP contribution is 2.34. The predicted octanol–water partition coefficient (Wildman–Crippen LogP) is 4.16. The normalized spacial score (nSPS) is 10.2. The second-order valence-corrected chi connectivity index (χ2v) is 4.13. The maximum absolute atomic E-state index is 13.3. The van der Waals surface area contributed by atoms with Crippen molar-refractivity contribution in [3.63, 3.8) is 0 Å². The summed E-state index contributed by atoms with van der Waals surface area (Å²) in [7, 11) is 3.12. The van der Waals surface area contributed by atoms with Gasteiger partial charge < -0.3 is 9.47 Å². The van der Waals surface area contributed by atoms with Crippen molar-refractivity contribution >= 4 is 11.6 Å². The molecule has 0 aromatic heterocycles. The average molecular weight is 267 g/mol. The fourth-order valence-corrected chi connectivity index (χ4v) is 1.91. The molecule has 4 heteroatoms. The molecule has 94 valence electrons. The van der Waals surface area contributed by atoms with E-state index in [1.165, 1.54) is 18.2 Å². The van der Waals surface area contributed by atoms with E-state index < -0.39 is 0 Å². The molecule has 0 unspecified atom stereocenters. The van der Waals surface area contributed by atoms with Crippen LogP contribution in [0, 0.1) is 5.82 Å². The number of hydrogen-bond acceptors (Lipinski definition) is 2. The van der Waals surface area contributed by atoms with Gasteiger partial charge in [0.15, 0.2) is 0 Å². The zero-order valence-electron chi connectivity index (χ0n) is 10.0. The number of benzene rings is 2. The summed E-state index contributed by atoms with van der Waals surface area (Å²) < 4.78 is 23.6. The lowest BCUT2D eigenvalue weighted by molar-refractivity contribution is 0.394. The molecule has 0 radical (unpaired) electrons. The largest absolute Gasteiger partial charge is 0.497 e. The van der Waals surface area contributed by atoms with Crippen molar-refractivity contribution in [1.82, 2.24) is 0 Å². The first-order valence-electron chi connectivity index (χ1n) is 5.32. The second-order valence-electron chi connectivity index (χ2n) is 3.73. The van der Waals surface area contributed by atoms with Crippen molar-refractivity contribution in [3.8, 4) is 22.6 Å². The zero-order valence-corrected chi connectivity index (χ0v) is 10.8. The van der Waals surface area contributed by atoms with Gasteiger partial charge in [0.05, 0.1) is 14.2 Å². The molecule has 2 nitrogen and oxygen atoms in total. The van der Waals surface area contributed by atoms with Crippen molar-refractivity contribution in [1.29, 1.82) is 0 Å². The molecule has 0 spiro atoms. The summed E-state index contributed by atoms with van der Waals surface area (Å²) in [5.74, 6) is 0.922. The molecule has 0 aliphatic rings. The smallest absolute Gasteiger partial charge is 0.123 e. The molecule has 18 heavy (non-hydrogen) atoms. The summed E-state index contributed by atoms with van der Waals surface area (Å²) in [6.07, 6.45) is 0. The molecule has 2 rings (SSSR count). The lowest BCUT2D eigenvalue weighted by Crippen LogP contribution is -1.89. The molecule has 0 aliphatic carbocycles. The minimum Gasteiger partial charge on any atom is -0.497 e. The van der Waals surface area contributed by atoms with Crippen LogP contribution in [0.1, 0.15) is 0 Å². The Morgan fingerprint density at radius 3 is 2.11 bits per heavy atom. The van der Waals surface area contributed by atoms with E-state index in [1.54, 1.807) is 32.4 Å². The van der Waals surface area contributed by atoms with Crippen LogP contribution < -0.4 is 9.47 Å². The van der Waals surface area contributed by atoms with Crippen LogP contribution in [0.15, 0.2) is 36.4 Å². The van der Waals surface area contributed by atoms with Crippen LogP contribution in [-0.2, 0) is 0 Å². The molecular weight excluding hydrogens is 255 g/mol. The minimum absolute atomic E-state index is 0.337. The van der Waals surface area contributed by atoms with Crippen LogP contribution in [0.4, 0.5) is 4.39 Å². The Kier molecular flexibility index (Phi) is 3.72. The number of methoxy groups -OCH3 is 2. The first-order chi connectivity index (χ1) is 8.63. The van der Waals surface area contributed by atoms with E-state index in [0.29, 0.717) is 22.1 Å². The van der Waals surface area contributed by atoms with Crippen molar-refractivity contribution in [3.05, 3.63) is 47.2 Å². The Balaban J connectivity index is 2.58. The van der Waals surface area contributed by atoms with Crippen molar-refractivity contribution in [2.24, 2.45) is 0 Å². The van der Waals surface area contributed by atoms with E-state index >= 15 is 0 Å². The third-order valence-corrected chi connectivity index (χ3v) is 2.92. The van der Waals surface area contributed by atoms with Crippen LogP contribution in [-0.4, -0.2) is 14.2 Å². The third-order valence-electron chi connectivity index (χ3n) is 2.59. The molecule has 0 saturated heterocycles. The van der Waals surface area contributed by atoms with E-state index in [0.717, 1.165) is 5.56 Å². The van der Waals surface area contributed by atoms with E-state index in [2.05, 4.69) is 0 Å². The van der Waals surface area contributed by atoms with E-state index in [9.17, 15) is 4.39 Å². The van der Waals surface area contributed by atoms with Gasteiger partial charge in [0.25, 0.3) is 0 Å². The van der Waals surface area contributed by atoms with Crippen LogP contribution in [0.5, 0.6) is 11.5 Å². The Hall–Kier alpha value is -1.74. The number of halogens is 2. The highest BCUT2D eigenvalue weighted by atomic mass is 35.5. The average Bonchev–Trinajstić information content (AvgIpc) is 2.40. The maximum Gasteiger partial charge on any atom is 0.123 e. The maximum atomic E-state index is 13.3. The fraction of sp³-hybridized carbons (Fsp3) is 0.143. The van der Waals surface area contributed by atoms with E-state index in [4.69, 9.17) is 21.1 Å². The van der Waals surface area contributed by atoms with Crippen LogP contribution in [0.25, 0.3) is 11.1 Å². The standard InChI is InChI=1S/C14H12ClFO2/c1-17-11-5-9(6-12(8-11)18-2)13-7-10(16)3-4-14(13)15/h3-8H,1-2H3. The van der Waals surface area contributed by atoms with Gasteiger partial charge in [-0.25, -0.2) is 4.39 Å². The Morgan fingerprint density at radius 1 is 0.944 bits per heavy atom. The Bertz CT molecular complexity index is 547. The summed E-state index contributed by atoms with van der Waals surface area (Å²) in [4.78, 5) is 0. The minimum atomic E-state index is -0.337. The van der Waals surface area contributed by atoms with Gasteiger partial charge in [-0.05, 0) is 35.9 Å². The monoisotopic (exact) mass is 266 g/mol. The highest BCUT2D eigenvalue weighted by molar-refractivity contribution is 6.33. The first kappa shape index (κ1) is 12.7. The van der Waals surface area contributed by atoms with E-state index in [1.807, 2.05) is 0 Å². The van der Waals surface area contributed by atoms with Gasteiger partial charge >= 0.3 is 0 Å². The van der Waals surface area contributed by atoms with Gasteiger partial charge in [0.1, 0.15) is 17.3 Å². The third kappa shape index (κ3) is 2.57. The van der Waals surface area contributed by atoms with Crippen LogP contribution in [0.3, 0.4) is 0 Å². The summed E-state index contributed by atoms with van der Waals surface area (Å²) in [5, 5.41) is 0.478. The summed E-state index contributed by atoms with van der Waals surface area (Å²) in [6.45, 7) is 0. The molecule has 0 aliphatic heterocycles. The van der Waals surface area contributed by atoms with Gasteiger partial charge in [-0.15, -0.1) is 0 Å². The number of hydrogen-bond donors (Lipinski definition) is 0. The lowest BCUT2D eigenvalue weighted by Gasteiger charge is -2.10. The molecule has 0 heterocycles. The molecule has 0 fully saturated rings. The lowest BCUT2D eigenvalue weighted by atomic mass is 10.0. The molecule has 0 N–H and O–H groups in total. The van der Waals surface area contributed by atoms with Gasteiger partial charge in [-0.1, -0.05) is 11.6 Å². The molecule has 0 amide bonds. The van der Waals surface area contributed by atoms with Crippen LogP contribution >= 0.6 is 11.6 Å². The highest BCUT2D eigenvalue weighted by Gasteiger charge is 2.08. The SMILES string of the molecule is COc1cc(OC)cc(-c2cc(F)ccc2Cl)c1. The number of ether oxygens (including phenoxy) is 2. The molecule has 2 aromatic rings. The van der Waals surface area contributed by atoms with Gasteiger partial charge in [0, 0.05) is 16.7 Å². The second kappa shape index (κ2) is 5.27. The molecular formula is C14H12ClFO2. The van der Waals surface area contributed by atoms with Crippen molar-refractivity contribution in [2.75, 3.05) is 14.2 Å². The fourth-order valence-electron chi connectivity index (χ4n) is 1.68. The predicted molar refractivity (Wildman–Crippen MR) is 70.0 cm³/mol. The summed E-state index contributed by atoms with van der Waals surface area (Å²) in [5.41, 5.74) is 1.35. The quantitative estimate of drug-likeness (QED) is 0.830. The zero-order chi connectivity index (χ0) is 13.1. The molecule has 0 bridgehead atoms.